The van der Waals surface area contributed by atoms with Crippen LogP contribution in [0.15, 0.2) is 0 Å². The van der Waals surface area contributed by atoms with Crippen molar-refractivity contribution in [3.05, 3.63) is 0 Å². The molecule has 0 aromatic rings. The number of hydrogen-bond acceptors (Lipinski definition) is 3. The van der Waals surface area contributed by atoms with Crippen molar-refractivity contribution in [1.82, 2.24) is 10.2 Å². The zero-order chi connectivity index (χ0) is 13.8. The maximum atomic E-state index is 12.1. The summed E-state index contributed by atoms with van der Waals surface area (Å²) < 4.78 is 4.78. The van der Waals surface area contributed by atoms with Gasteiger partial charge in [-0.1, -0.05) is 19.3 Å². The third-order valence-corrected chi connectivity index (χ3v) is 3.24. The predicted molar refractivity (Wildman–Crippen MR) is 69.4 cm³/mol. The molecule has 1 N–H and O–H groups in total. The maximum absolute atomic E-state index is 12.1. The van der Waals surface area contributed by atoms with Gasteiger partial charge in [-0.3, -0.25) is 4.90 Å². The number of carbonyl (C=O) groups excluding carboxylic acids is 2. The molecule has 0 aliphatic heterocycles. The van der Waals surface area contributed by atoms with Gasteiger partial charge in [0.15, 0.2) is 0 Å². The highest BCUT2D eigenvalue weighted by Crippen LogP contribution is 2.28. The van der Waals surface area contributed by atoms with Crippen LogP contribution in [0, 0.1) is 0 Å². The smallest absolute Gasteiger partial charge is 0.359 e. The molecule has 1 aliphatic carbocycles. The van der Waals surface area contributed by atoms with E-state index in [1.807, 2.05) is 20.8 Å². The van der Waals surface area contributed by atoms with Crippen molar-refractivity contribution in [2.45, 2.75) is 64.5 Å². The lowest BCUT2D eigenvalue weighted by atomic mass is 9.91. The average Bonchev–Trinajstić information content (AvgIpc) is 2.28. The van der Waals surface area contributed by atoms with Crippen molar-refractivity contribution in [2.75, 3.05) is 7.05 Å². The summed E-state index contributed by atoms with van der Waals surface area (Å²) >= 11 is 0. The molecule has 1 rings (SSSR count). The molecule has 0 aromatic carbocycles. The van der Waals surface area contributed by atoms with E-state index in [0.717, 1.165) is 25.7 Å². The van der Waals surface area contributed by atoms with Gasteiger partial charge in [0.05, 0.1) is 0 Å². The highest BCUT2D eigenvalue weighted by Gasteiger charge is 2.35. The summed E-state index contributed by atoms with van der Waals surface area (Å²) in [5, 5.41) is 2.30. The fourth-order valence-electron chi connectivity index (χ4n) is 2.49. The predicted octanol–water partition coefficient (Wildman–Crippen LogP) is 2.90. The first-order valence-electron chi connectivity index (χ1n) is 6.59. The van der Waals surface area contributed by atoms with E-state index in [1.54, 1.807) is 4.90 Å². The lowest BCUT2D eigenvalue weighted by Crippen LogP contribution is -2.53. The molecule has 1 saturated carbocycles. The van der Waals surface area contributed by atoms with Gasteiger partial charge in [-0.25, -0.2) is 9.59 Å². The number of ether oxygens (including phenoxy) is 1. The number of nitrogens with one attached hydrogen (secondary N) is 1. The Morgan fingerprint density at radius 1 is 1.17 bits per heavy atom. The highest BCUT2D eigenvalue weighted by molar-refractivity contribution is 5.83. The second-order valence-electron chi connectivity index (χ2n) is 5.74. The molecule has 0 saturated heterocycles. The van der Waals surface area contributed by atoms with E-state index < -0.39 is 12.2 Å². The molecule has 18 heavy (non-hydrogen) atoms. The Labute approximate surface area is 109 Å². The van der Waals surface area contributed by atoms with E-state index in [4.69, 9.17) is 4.74 Å². The molecule has 0 bridgehead atoms. The summed E-state index contributed by atoms with van der Waals surface area (Å²) in [7, 11) is 1.44. The molecular formula is C13H24N2O3. The molecule has 0 heterocycles. The van der Waals surface area contributed by atoms with Crippen LogP contribution in [0.1, 0.15) is 52.9 Å². The lowest BCUT2D eigenvalue weighted by Gasteiger charge is -2.42. The SMILES string of the molecule is CNC(=O)OC(=O)N(C1CCCCC1)C(C)(C)C. The molecule has 5 nitrogen and oxygen atoms in total. The first kappa shape index (κ1) is 14.8. The molecule has 0 aromatic heterocycles. The minimum Gasteiger partial charge on any atom is -0.359 e. The number of amides is 2. The second-order valence-corrected chi connectivity index (χ2v) is 5.74. The number of alkyl carbamates (subject to hydrolysis) is 1. The van der Waals surface area contributed by atoms with E-state index in [2.05, 4.69) is 5.32 Å². The highest BCUT2D eigenvalue weighted by atomic mass is 16.6. The minimum absolute atomic E-state index is 0.177. The van der Waals surface area contributed by atoms with Gasteiger partial charge in [-0.2, -0.15) is 0 Å². The van der Waals surface area contributed by atoms with Crippen LogP contribution in [0.5, 0.6) is 0 Å². The van der Waals surface area contributed by atoms with Gasteiger partial charge >= 0.3 is 12.2 Å². The molecule has 0 spiro atoms. The molecular weight excluding hydrogens is 232 g/mol. The Bertz CT molecular complexity index is 304. The summed E-state index contributed by atoms with van der Waals surface area (Å²) in [5.74, 6) is 0. The fraction of sp³-hybridized carbons (Fsp3) is 0.846. The molecule has 1 aliphatic rings. The van der Waals surface area contributed by atoms with E-state index >= 15 is 0 Å². The normalized spacial score (nSPS) is 17.1. The van der Waals surface area contributed by atoms with Gasteiger partial charge in [0.1, 0.15) is 0 Å². The van der Waals surface area contributed by atoms with E-state index in [1.165, 1.54) is 13.5 Å². The second kappa shape index (κ2) is 6.07. The van der Waals surface area contributed by atoms with Crippen molar-refractivity contribution in [3.63, 3.8) is 0 Å². The topological polar surface area (TPSA) is 58.6 Å². The van der Waals surface area contributed by atoms with Gasteiger partial charge < -0.3 is 10.1 Å². The van der Waals surface area contributed by atoms with Crippen LogP contribution in [-0.2, 0) is 4.74 Å². The summed E-state index contributed by atoms with van der Waals surface area (Å²) in [6.45, 7) is 5.89. The van der Waals surface area contributed by atoms with Gasteiger partial charge in [0.25, 0.3) is 0 Å². The van der Waals surface area contributed by atoms with E-state index in [9.17, 15) is 9.59 Å². The van der Waals surface area contributed by atoms with Gasteiger partial charge in [0.2, 0.25) is 0 Å². The van der Waals surface area contributed by atoms with Crippen molar-refractivity contribution in [3.8, 4) is 0 Å². The first-order valence-corrected chi connectivity index (χ1v) is 6.59. The molecule has 0 atom stereocenters. The quantitative estimate of drug-likeness (QED) is 0.734. The molecule has 0 radical (unpaired) electrons. The Hall–Kier alpha value is -1.26. The van der Waals surface area contributed by atoms with Gasteiger partial charge in [0, 0.05) is 18.6 Å². The number of nitrogens with zero attached hydrogens (tertiary/aromatic N) is 1. The van der Waals surface area contributed by atoms with Crippen LogP contribution < -0.4 is 5.32 Å². The summed E-state index contributed by atoms with van der Waals surface area (Å²) in [4.78, 5) is 25.0. The fourth-order valence-corrected chi connectivity index (χ4v) is 2.49. The third kappa shape index (κ3) is 3.89. The van der Waals surface area contributed by atoms with Gasteiger partial charge in [-0.15, -0.1) is 0 Å². The summed E-state index contributed by atoms with van der Waals surface area (Å²) in [6.07, 6.45) is 4.20. The van der Waals surface area contributed by atoms with Gasteiger partial charge in [-0.05, 0) is 33.6 Å². The standard InChI is InChI=1S/C13H24N2O3/c1-13(2,3)15(10-8-6-5-7-9-10)12(17)18-11(16)14-4/h10H,5-9H2,1-4H3,(H,14,16). The Kier molecular flexibility index (Phi) is 4.99. The molecule has 5 heteroatoms. The summed E-state index contributed by atoms with van der Waals surface area (Å²) in [5.41, 5.74) is -0.340. The molecule has 1 fully saturated rings. The largest absolute Gasteiger partial charge is 0.419 e. The zero-order valence-corrected chi connectivity index (χ0v) is 11.8. The van der Waals surface area contributed by atoms with E-state index in [0.29, 0.717) is 0 Å². The minimum atomic E-state index is -0.704. The van der Waals surface area contributed by atoms with E-state index in [-0.39, 0.29) is 11.6 Å². The van der Waals surface area contributed by atoms with Crippen LogP contribution >= 0.6 is 0 Å². The Balaban J connectivity index is 2.77. The van der Waals surface area contributed by atoms with Crippen LogP contribution in [0.4, 0.5) is 9.59 Å². The summed E-state index contributed by atoms with van der Waals surface area (Å²) in [6, 6.07) is 0.177. The van der Waals surface area contributed by atoms with Crippen LogP contribution in [0.25, 0.3) is 0 Å². The number of rotatable bonds is 1. The van der Waals surface area contributed by atoms with Crippen LogP contribution in [-0.4, -0.2) is 35.7 Å². The average molecular weight is 256 g/mol. The Morgan fingerprint density at radius 3 is 2.17 bits per heavy atom. The maximum Gasteiger partial charge on any atom is 0.419 e. The zero-order valence-electron chi connectivity index (χ0n) is 11.8. The van der Waals surface area contributed by atoms with Crippen molar-refractivity contribution in [1.29, 1.82) is 0 Å². The van der Waals surface area contributed by atoms with Crippen LogP contribution in [0.2, 0.25) is 0 Å². The van der Waals surface area contributed by atoms with Crippen molar-refractivity contribution < 1.29 is 14.3 Å². The molecule has 104 valence electrons. The number of hydrogen-bond donors (Lipinski definition) is 1. The molecule has 0 unspecified atom stereocenters. The monoisotopic (exact) mass is 256 g/mol. The first-order chi connectivity index (χ1) is 8.36. The lowest BCUT2D eigenvalue weighted by molar-refractivity contribution is 0.0490. The third-order valence-electron chi connectivity index (χ3n) is 3.24. The van der Waals surface area contributed by atoms with Crippen molar-refractivity contribution >= 4 is 12.2 Å². The number of carbonyl (C=O) groups is 2. The molecule has 2 amide bonds. The van der Waals surface area contributed by atoms with Crippen molar-refractivity contribution in [2.24, 2.45) is 0 Å². The Morgan fingerprint density at radius 2 is 1.72 bits per heavy atom. The van der Waals surface area contributed by atoms with Crippen LogP contribution in [0.3, 0.4) is 0 Å².